The van der Waals surface area contributed by atoms with E-state index in [-0.39, 0.29) is 5.56 Å². The van der Waals surface area contributed by atoms with Crippen molar-refractivity contribution >= 4 is 32.6 Å². The molecule has 0 saturated carbocycles. The SMILES string of the molecule is COC(=O)c1cc2sc(N(C)Cc3cc(C)cc(C)c3)cc2oc1=O. The average Bonchev–Trinajstić information content (AvgIpc) is 2.95. The highest BCUT2D eigenvalue weighted by Gasteiger charge is 2.17. The van der Waals surface area contributed by atoms with Gasteiger partial charge in [0.2, 0.25) is 0 Å². The molecule has 0 atom stereocenters. The van der Waals surface area contributed by atoms with Gasteiger partial charge in [0.15, 0.2) is 5.58 Å². The standard InChI is InChI=1S/C19H19NO4S/c1-11-5-12(2)7-13(6-11)10-20(3)17-9-15-16(25-17)8-14(18(21)23-4)19(22)24-15/h5-9H,10H2,1-4H3. The van der Waals surface area contributed by atoms with E-state index in [4.69, 9.17) is 4.42 Å². The van der Waals surface area contributed by atoms with Gasteiger partial charge >= 0.3 is 11.6 Å². The van der Waals surface area contributed by atoms with E-state index in [1.165, 1.54) is 41.2 Å². The van der Waals surface area contributed by atoms with Crippen LogP contribution in [0.1, 0.15) is 27.0 Å². The van der Waals surface area contributed by atoms with Crippen molar-refractivity contribution in [3.05, 3.63) is 63.0 Å². The summed E-state index contributed by atoms with van der Waals surface area (Å²) in [4.78, 5) is 25.6. The van der Waals surface area contributed by atoms with Crippen molar-refractivity contribution in [2.75, 3.05) is 19.1 Å². The molecule has 6 heteroatoms. The first-order valence-electron chi connectivity index (χ1n) is 7.81. The van der Waals surface area contributed by atoms with E-state index in [9.17, 15) is 9.59 Å². The van der Waals surface area contributed by atoms with Crippen molar-refractivity contribution in [3.8, 4) is 0 Å². The van der Waals surface area contributed by atoms with Gasteiger partial charge in [0.1, 0.15) is 5.56 Å². The molecule has 130 valence electrons. The Morgan fingerprint density at radius 2 is 1.84 bits per heavy atom. The van der Waals surface area contributed by atoms with E-state index >= 15 is 0 Å². The maximum absolute atomic E-state index is 11.9. The first-order valence-corrected chi connectivity index (χ1v) is 8.63. The topological polar surface area (TPSA) is 59.8 Å². The molecular weight excluding hydrogens is 338 g/mol. The fourth-order valence-electron chi connectivity index (χ4n) is 2.85. The smallest absolute Gasteiger partial charge is 0.351 e. The van der Waals surface area contributed by atoms with Crippen LogP contribution in [0.25, 0.3) is 10.3 Å². The zero-order chi connectivity index (χ0) is 18.1. The van der Waals surface area contributed by atoms with Gasteiger partial charge in [-0.2, -0.15) is 0 Å². The third kappa shape index (κ3) is 3.58. The predicted molar refractivity (Wildman–Crippen MR) is 99.7 cm³/mol. The van der Waals surface area contributed by atoms with Crippen molar-refractivity contribution in [2.45, 2.75) is 20.4 Å². The minimum Gasteiger partial charge on any atom is -0.465 e. The molecule has 1 aromatic carbocycles. The van der Waals surface area contributed by atoms with Crippen LogP contribution in [0.2, 0.25) is 0 Å². The van der Waals surface area contributed by atoms with Gasteiger partial charge in [0.05, 0.1) is 16.8 Å². The Morgan fingerprint density at radius 1 is 1.16 bits per heavy atom. The van der Waals surface area contributed by atoms with E-state index in [0.29, 0.717) is 5.58 Å². The molecule has 0 fully saturated rings. The fraction of sp³-hybridized carbons (Fsp3) is 0.263. The summed E-state index contributed by atoms with van der Waals surface area (Å²) in [5.41, 5.74) is 3.39. The van der Waals surface area contributed by atoms with Gasteiger partial charge in [-0.05, 0) is 25.5 Å². The highest BCUT2D eigenvalue weighted by molar-refractivity contribution is 7.22. The van der Waals surface area contributed by atoms with Gasteiger partial charge < -0.3 is 14.1 Å². The summed E-state index contributed by atoms with van der Waals surface area (Å²) in [6, 6.07) is 9.82. The normalized spacial score (nSPS) is 10.9. The van der Waals surface area contributed by atoms with Crippen molar-refractivity contribution in [1.29, 1.82) is 0 Å². The minimum atomic E-state index is -0.686. The summed E-state index contributed by atoms with van der Waals surface area (Å²) in [6.45, 7) is 4.90. The number of hydrogen-bond acceptors (Lipinski definition) is 6. The van der Waals surface area contributed by atoms with Crippen molar-refractivity contribution in [1.82, 2.24) is 0 Å². The summed E-state index contributed by atoms with van der Waals surface area (Å²) < 4.78 is 10.6. The van der Waals surface area contributed by atoms with E-state index in [0.717, 1.165) is 16.2 Å². The Bertz CT molecular complexity index is 982. The summed E-state index contributed by atoms with van der Waals surface area (Å²) in [7, 11) is 3.23. The zero-order valence-corrected chi connectivity index (χ0v) is 15.4. The number of carbonyl (C=O) groups is 1. The quantitative estimate of drug-likeness (QED) is 0.663. The van der Waals surface area contributed by atoms with Crippen LogP contribution in [0.15, 0.2) is 39.5 Å². The molecular formula is C19H19NO4S. The highest BCUT2D eigenvalue weighted by Crippen LogP contribution is 2.32. The lowest BCUT2D eigenvalue weighted by Crippen LogP contribution is -2.15. The number of rotatable bonds is 4. The van der Waals surface area contributed by atoms with E-state index in [1.54, 1.807) is 0 Å². The van der Waals surface area contributed by atoms with Crippen LogP contribution in [-0.4, -0.2) is 20.1 Å². The van der Waals surface area contributed by atoms with Crippen LogP contribution in [0, 0.1) is 13.8 Å². The van der Waals surface area contributed by atoms with Crippen molar-refractivity contribution < 1.29 is 13.9 Å². The first kappa shape index (κ1) is 17.2. The van der Waals surface area contributed by atoms with Crippen LogP contribution >= 0.6 is 11.3 Å². The van der Waals surface area contributed by atoms with Gasteiger partial charge in [0, 0.05) is 19.7 Å². The maximum Gasteiger partial charge on any atom is 0.351 e. The number of thiophene rings is 1. The molecule has 2 aromatic heterocycles. The number of methoxy groups -OCH3 is 1. The number of benzene rings is 1. The molecule has 0 bridgehead atoms. The molecule has 5 nitrogen and oxygen atoms in total. The lowest BCUT2D eigenvalue weighted by molar-refractivity contribution is 0.0596. The second-order valence-corrected chi connectivity index (χ2v) is 7.17. The molecule has 0 saturated heterocycles. The lowest BCUT2D eigenvalue weighted by Gasteiger charge is -2.17. The van der Waals surface area contributed by atoms with Crippen LogP contribution in [0.5, 0.6) is 0 Å². The number of aryl methyl sites for hydroxylation is 2. The van der Waals surface area contributed by atoms with Gasteiger partial charge in [-0.3, -0.25) is 0 Å². The Labute approximate surface area is 149 Å². The third-order valence-corrected chi connectivity index (χ3v) is 5.07. The summed E-state index contributed by atoms with van der Waals surface area (Å²) in [6.07, 6.45) is 0. The monoisotopic (exact) mass is 357 g/mol. The molecule has 3 rings (SSSR count). The van der Waals surface area contributed by atoms with Gasteiger partial charge in [-0.1, -0.05) is 29.3 Å². The Balaban J connectivity index is 1.93. The molecule has 2 heterocycles. The first-order chi connectivity index (χ1) is 11.9. The zero-order valence-electron chi connectivity index (χ0n) is 14.6. The lowest BCUT2D eigenvalue weighted by atomic mass is 10.1. The van der Waals surface area contributed by atoms with Gasteiger partial charge in [-0.25, -0.2) is 9.59 Å². The Morgan fingerprint density at radius 3 is 2.48 bits per heavy atom. The number of nitrogens with zero attached hydrogens (tertiary/aromatic N) is 1. The van der Waals surface area contributed by atoms with E-state index < -0.39 is 11.6 Å². The third-order valence-electron chi connectivity index (χ3n) is 3.89. The maximum atomic E-state index is 11.9. The molecule has 0 aliphatic carbocycles. The Hall–Kier alpha value is -2.60. The van der Waals surface area contributed by atoms with Crippen LogP contribution in [-0.2, 0) is 11.3 Å². The molecule has 0 unspecified atom stereocenters. The number of hydrogen-bond donors (Lipinski definition) is 0. The molecule has 0 aliphatic heterocycles. The van der Waals surface area contributed by atoms with Crippen molar-refractivity contribution in [2.24, 2.45) is 0 Å². The summed E-state index contributed by atoms with van der Waals surface area (Å²) in [5, 5.41) is 0.958. The summed E-state index contributed by atoms with van der Waals surface area (Å²) >= 11 is 1.47. The second kappa shape index (κ2) is 6.72. The number of esters is 1. The second-order valence-electron chi connectivity index (χ2n) is 6.10. The number of carbonyl (C=O) groups excluding carboxylic acids is 1. The van der Waals surface area contributed by atoms with Crippen molar-refractivity contribution in [3.63, 3.8) is 0 Å². The largest absolute Gasteiger partial charge is 0.465 e. The molecule has 0 amide bonds. The molecule has 0 radical (unpaired) electrons. The predicted octanol–water partition coefficient (Wildman–Crippen LogP) is 3.89. The van der Waals surface area contributed by atoms with Crippen LogP contribution < -0.4 is 10.5 Å². The van der Waals surface area contributed by atoms with Crippen LogP contribution in [0.3, 0.4) is 0 Å². The minimum absolute atomic E-state index is 0.0830. The fourth-order valence-corrected chi connectivity index (χ4v) is 3.84. The van der Waals surface area contributed by atoms with Gasteiger partial charge in [0.25, 0.3) is 0 Å². The molecule has 0 spiro atoms. The molecule has 3 aromatic rings. The number of fused-ring (bicyclic) bond motifs is 1. The summed E-state index contributed by atoms with van der Waals surface area (Å²) in [5.74, 6) is -0.686. The number of ether oxygens (including phenoxy) is 1. The highest BCUT2D eigenvalue weighted by atomic mass is 32.1. The van der Waals surface area contributed by atoms with Gasteiger partial charge in [-0.15, -0.1) is 11.3 Å². The van der Waals surface area contributed by atoms with E-state index in [1.807, 2.05) is 13.1 Å². The molecule has 25 heavy (non-hydrogen) atoms. The van der Waals surface area contributed by atoms with E-state index in [2.05, 4.69) is 41.7 Å². The number of anilines is 1. The average molecular weight is 357 g/mol. The Kier molecular flexibility index (Phi) is 4.63. The molecule has 0 aliphatic rings. The van der Waals surface area contributed by atoms with Crippen LogP contribution in [0.4, 0.5) is 5.00 Å². The molecule has 0 N–H and O–H groups in total.